The zero-order valence-corrected chi connectivity index (χ0v) is 8.85. The van der Waals surface area contributed by atoms with Crippen molar-refractivity contribution in [2.45, 2.75) is 46.6 Å². The van der Waals surface area contributed by atoms with Gasteiger partial charge in [-0.25, -0.2) is 6.57 Å². The number of ketones is 1. The van der Waals surface area contributed by atoms with Crippen molar-refractivity contribution in [1.29, 1.82) is 0 Å². The highest BCUT2D eigenvalue weighted by molar-refractivity contribution is 5.91. The standard InChI is InChI=1S/C11H17NO/c1-10(2)6-8(12-5)9(13)11(3,4)7-10/h8H,6-7H2,1-4H3. The first-order valence-corrected chi connectivity index (χ1v) is 4.69. The lowest BCUT2D eigenvalue weighted by Crippen LogP contribution is -2.44. The van der Waals surface area contributed by atoms with Crippen molar-refractivity contribution in [3.05, 3.63) is 11.4 Å². The van der Waals surface area contributed by atoms with Gasteiger partial charge in [-0.15, -0.1) is 0 Å². The molecule has 0 spiro atoms. The fourth-order valence-electron chi connectivity index (χ4n) is 2.53. The summed E-state index contributed by atoms with van der Waals surface area (Å²) < 4.78 is 0. The van der Waals surface area contributed by atoms with Crippen LogP contribution < -0.4 is 0 Å². The van der Waals surface area contributed by atoms with Gasteiger partial charge in [-0.3, -0.25) is 4.79 Å². The predicted octanol–water partition coefficient (Wildman–Crippen LogP) is 2.69. The molecule has 1 aliphatic carbocycles. The summed E-state index contributed by atoms with van der Waals surface area (Å²) >= 11 is 0. The molecule has 2 heteroatoms. The van der Waals surface area contributed by atoms with Crippen molar-refractivity contribution in [3.8, 4) is 0 Å². The Balaban J connectivity index is 2.96. The molecule has 1 fully saturated rings. The van der Waals surface area contributed by atoms with E-state index in [0.29, 0.717) is 0 Å². The fraction of sp³-hybridized carbons (Fsp3) is 0.818. The molecule has 0 heterocycles. The first kappa shape index (κ1) is 10.2. The molecule has 0 aromatic rings. The van der Waals surface area contributed by atoms with Gasteiger partial charge in [-0.2, -0.15) is 0 Å². The predicted molar refractivity (Wildman–Crippen MR) is 52.2 cm³/mol. The average molecular weight is 179 g/mol. The highest BCUT2D eigenvalue weighted by Crippen LogP contribution is 2.44. The molecule has 0 saturated heterocycles. The maximum absolute atomic E-state index is 11.8. The summed E-state index contributed by atoms with van der Waals surface area (Å²) in [6.07, 6.45) is 1.61. The molecule has 1 saturated carbocycles. The van der Waals surface area contributed by atoms with Crippen LogP contribution in [-0.2, 0) is 4.79 Å². The van der Waals surface area contributed by atoms with Crippen LogP contribution in [0.25, 0.3) is 4.85 Å². The van der Waals surface area contributed by atoms with Crippen LogP contribution in [-0.4, -0.2) is 11.8 Å². The molecule has 2 nitrogen and oxygen atoms in total. The lowest BCUT2D eigenvalue weighted by atomic mass is 9.63. The summed E-state index contributed by atoms with van der Waals surface area (Å²) in [6, 6.07) is -0.404. The number of Topliss-reactive ketones (excluding diaryl/α,β-unsaturated/α-hetero) is 1. The Morgan fingerprint density at radius 1 is 1.38 bits per heavy atom. The summed E-state index contributed by atoms with van der Waals surface area (Å²) in [5, 5.41) is 0. The van der Waals surface area contributed by atoms with Crippen molar-refractivity contribution in [2.24, 2.45) is 10.8 Å². The Kier molecular flexibility index (Phi) is 2.23. The van der Waals surface area contributed by atoms with E-state index in [0.717, 1.165) is 12.8 Å². The second-order valence-corrected chi connectivity index (χ2v) is 5.44. The van der Waals surface area contributed by atoms with Crippen LogP contribution in [0.3, 0.4) is 0 Å². The summed E-state index contributed by atoms with van der Waals surface area (Å²) in [7, 11) is 0. The third-order valence-corrected chi connectivity index (χ3v) is 2.79. The van der Waals surface area contributed by atoms with E-state index < -0.39 is 6.04 Å². The van der Waals surface area contributed by atoms with Gasteiger partial charge in [0.2, 0.25) is 5.78 Å². The van der Waals surface area contributed by atoms with Gasteiger partial charge in [0.1, 0.15) is 0 Å². The van der Waals surface area contributed by atoms with Crippen molar-refractivity contribution >= 4 is 5.78 Å². The van der Waals surface area contributed by atoms with Gasteiger partial charge in [-0.05, 0) is 11.8 Å². The minimum Gasteiger partial charge on any atom is -0.305 e. The zero-order valence-electron chi connectivity index (χ0n) is 8.85. The fourth-order valence-corrected chi connectivity index (χ4v) is 2.53. The summed E-state index contributed by atoms with van der Waals surface area (Å²) in [4.78, 5) is 15.2. The summed E-state index contributed by atoms with van der Waals surface area (Å²) in [6.45, 7) is 15.2. The van der Waals surface area contributed by atoms with Gasteiger partial charge in [0.25, 0.3) is 6.04 Å². The second kappa shape index (κ2) is 2.83. The molecular formula is C11H17NO. The van der Waals surface area contributed by atoms with Crippen LogP contribution >= 0.6 is 0 Å². The first-order chi connectivity index (χ1) is 5.78. The Morgan fingerprint density at radius 2 is 1.92 bits per heavy atom. The van der Waals surface area contributed by atoms with E-state index in [1.165, 1.54) is 0 Å². The topological polar surface area (TPSA) is 21.4 Å². The van der Waals surface area contributed by atoms with Gasteiger partial charge < -0.3 is 4.85 Å². The van der Waals surface area contributed by atoms with Crippen LogP contribution in [0, 0.1) is 17.4 Å². The minimum absolute atomic E-state index is 0.127. The van der Waals surface area contributed by atoms with Gasteiger partial charge in [-0.1, -0.05) is 27.7 Å². The van der Waals surface area contributed by atoms with Crippen LogP contribution in [0.15, 0.2) is 0 Å². The first-order valence-electron chi connectivity index (χ1n) is 4.69. The number of hydrogen-bond donors (Lipinski definition) is 0. The molecule has 0 N–H and O–H groups in total. The molecule has 1 unspecified atom stereocenters. The maximum Gasteiger partial charge on any atom is 0.281 e. The molecule has 1 atom stereocenters. The SMILES string of the molecule is [C-]#[N+]C1CC(C)(C)CC(C)(C)C1=O. The molecule has 0 bridgehead atoms. The van der Waals surface area contributed by atoms with E-state index in [-0.39, 0.29) is 16.6 Å². The van der Waals surface area contributed by atoms with Crippen LogP contribution in [0.5, 0.6) is 0 Å². The van der Waals surface area contributed by atoms with E-state index >= 15 is 0 Å². The summed E-state index contributed by atoms with van der Waals surface area (Å²) in [5.41, 5.74) is -0.177. The van der Waals surface area contributed by atoms with Gasteiger partial charge in [0, 0.05) is 11.8 Å². The quantitative estimate of drug-likeness (QED) is 0.524. The number of hydrogen-bond acceptors (Lipinski definition) is 1. The number of carbonyl (C=O) groups is 1. The third-order valence-electron chi connectivity index (χ3n) is 2.79. The monoisotopic (exact) mass is 179 g/mol. The normalized spacial score (nSPS) is 31.0. The molecule has 0 aromatic carbocycles. The largest absolute Gasteiger partial charge is 0.305 e. The van der Waals surface area contributed by atoms with Gasteiger partial charge in [0.05, 0.1) is 0 Å². The maximum atomic E-state index is 11.8. The smallest absolute Gasteiger partial charge is 0.281 e. The number of carbonyl (C=O) groups excluding carboxylic acids is 1. The van der Waals surface area contributed by atoms with Crippen molar-refractivity contribution < 1.29 is 4.79 Å². The van der Waals surface area contributed by atoms with E-state index in [1.807, 2.05) is 13.8 Å². The average Bonchev–Trinajstić information content (AvgIpc) is 1.95. The van der Waals surface area contributed by atoms with Crippen LogP contribution in [0.2, 0.25) is 0 Å². The zero-order chi connectivity index (χ0) is 10.3. The lowest BCUT2D eigenvalue weighted by molar-refractivity contribution is -0.133. The minimum atomic E-state index is -0.404. The molecule has 0 amide bonds. The second-order valence-electron chi connectivity index (χ2n) is 5.44. The molecule has 0 aliphatic heterocycles. The number of nitrogens with zero attached hydrogens (tertiary/aromatic N) is 1. The molecule has 72 valence electrons. The Bertz CT molecular complexity index is 270. The van der Waals surface area contributed by atoms with Crippen molar-refractivity contribution in [1.82, 2.24) is 0 Å². The highest BCUT2D eigenvalue weighted by atomic mass is 16.1. The Hall–Kier alpha value is -0.840. The lowest BCUT2D eigenvalue weighted by Gasteiger charge is -2.39. The molecular weight excluding hydrogens is 162 g/mol. The molecule has 0 aromatic heterocycles. The Morgan fingerprint density at radius 3 is 2.38 bits per heavy atom. The molecule has 0 radical (unpaired) electrons. The van der Waals surface area contributed by atoms with E-state index in [2.05, 4.69) is 18.7 Å². The van der Waals surface area contributed by atoms with Gasteiger partial charge >= 0.3 is 0 Å². The summed E-state index contributed by atoms with van der Waals surface area (Å²) in [5.74, 6) is 0.127. The van der Waals surface area contributed by atoms with E-state index in [9.17, 15) is 4.79 Å². The third kappa shape index (κ3) is 1.91. The van der Waals surface area contributed by atoms with Crippen LogP contribution in [0.4, 0.5) is 0 Å². The van der Waals surface area contributed by atoms with Gasteiger partial charge in [0.15, 0.2) is 0 Å². The van der Waals surface area contributed by atoms with E-state index in [1.54, 1.807) is 0 Å². The van der Waals surface area contributed by atoms with E-state index in [4.69, 9.17) is 6.57 Å². The highest BCUT2D eigenvalue weighted by Gasteiger charge is 2.48. The van der Waals surface area contributed by atoms with Crippen LogP contribution in [0.1, 0.15) is 40.5 Å². The molecule has 1 rings (SSSR count). The molecule has 13 heavy (non-hydrogen) atoms. The number of rotatable bonds is 0. The van der Waals surface area contributed by atoms with Crippen molar-refractivity contribution in [3.63, 3.8) is 0 Å². The molecule has 1 aliphatic rings. The Labute approximate surface area is 80.1 Å². The van der Waals surface area contributed by atoms with Crippen molar-refractivity contribution in [2.75, 3.05) is 0 Å².